The quantitative estimate of drug-likeness (QED) is 0.188. The van der Waals surface area contributed by atoms with Crippen LogP contribution in [0.25, 0.3) is 0 Å². The van der Waals surface area contributed by atoms with Crippen LogP contribution < -0.4 is 0 Å². The molecule has 0 saturated carbocycles. The van der Waals surface area contributed by atoms with Crippen LogP contribution in [0.1, 0.15) is 104 Å². The third-order valence-corrected chi connectivity index (χ3v) is 5.82. The van der Waals surface area contributed by atoms with Gasteiger partial charge in [-0.15, -0.1) is 0 Å². The molecule has 0 aliphatic carbocycles. The van der Waals surface area contributed by atoms with E-state index < -0.39 is 6.10 Å². The average molecular weight is 375 g/mol. The third-order valence-electron chi connectivity index (χ3n) is 4.97. The Hall–Kier alpha value is -0.220. The molecule has 150 valence electrons. The highest BCUT2D eigenvalue weighted by Crippen LogP contribution is 2.23. The van der Waals surface area contributed by atoms with E-state index >= 15 is 0 Å². The van der Waals surface area contributed by atoms with Crippen molar-refractivity contribution in [3.8, 4) is 0 Å². The summed E-state index contributed by atoms with van der Waals surface area (Å²) in [5.41, 5.74) is 0. The number of hydrogen-bond donors (Lipinski definition) is 2. The van der Waals surface area contributed by atoms with E-state index in [2.05, 4.69) is 26.5 Å². The van der Waals surface area contributed by atoms with Gasteiger partial charge in [-0.05, 0) is 12.3 Å². The van der Waals surface area contributed by atoms with E-state index in [4.69, 9.17) is 4.74 Å². The fraction of sp³-hybridized carbons (Fsp3) is 0.952. The van der Waals surface area contributed by atoms with Crippen LogP contribution in [0.15, 0.2) is 0 Å². The van der Waals surface area contributed by atoms with E-state index in [-0.39, 0.29) is 17.8 Å². The minimum absolute atomic E-state index is 0.0957. The molecule has 3 unspecified atom stereocenters. The first kappa shape index (κ1) is 24.8. The molecule has 1 N–H and O–H groups in total. The van der Waals surface area contributed by atoms with Gasteiger partial charge in [-0.1, -0.05) is 90.9 Å². The maximum absolute atomic E-state index is 11.0. The SMILES string of the molecule is CCCCCCCCCCCCCCC(C)C(S)C(CO)OC(C)=O. The molecule has 0 bridgehead atoms. The van der Waals surface area contributed by atoms with Gasteiger partial charge < -0.3 is 9.84 Å². The summed E-state index contributed by atoms with van der Waals surface area (Å²) in [7, 11) is 0. The number of rotatable bonds is 17. The molecule has 0 rings (SSSR count). The van der Waals surface area contributed by atoms with Gasteiger partial charge in [0.2, 0.25) is 0 Å². The van der Waals surface area contributed by atoms with Crippen LogP contribution in [0, 0.1) is 5.92 Å². The number of carbonyl (C=O) groups is 1. The monoisotopic (exact) mass is 374 g/mol. The number of aliphatic hydroxyl groups excluding tert-OH is 1. The molecule has 0 radical (unpaired) electrons. The molecule has 0 aromatic carbocycles. The van der Waals surface area contributed by atoms with E-state index in [0.717, 1.165) is 6.42 Å². The van der Waals surface area contributed by atoms with Gasteiger partial charge in [0.05, 0.1) is 6.61 Å². The number of hydrogen-bond acceptors (Lipinski definition) is 4. The second kappa shape index (κ2) is 17.2. The summed E-state index contributed by atoms with van der Waals surface area (Å²) in [6.07, 6.45) is 16.8. The molecular formula is C21H42O3S. The topological polar surface area (TPSA) is 46.5 Å². The Balaban J connectivity index is 3.53. The van der Waals surface area contributed by atoms with Crippen molar-refractivity contribution in [1.82, 2.24) is 0 Å². The highest BCUT2D eigenvalue weighted by atomic mass is 32.1. The number of carbonyl (C=O) groups excluding carboxylic acids is 1. The van der Waals surface area contributed by atoms with E-state index in [1.165, 1.54) is 84.0 Å². The molecular weight excluding hydrogens is 332 g/mol. The van der Waals surface area contributed by atoms with Gasteiger partial charge in [0.1, 0.15) is 6.10 Å². The predicted octanol–water partition coefficient (Wildman–Crippen LogP) is 5.94. The smallest absolute Gasteiger partial charge is 0.303 e. The van der Waals surface area contributed by atoms with Gasteiger partial charge in [0.25, 0.3) is 0 Å². The lowest BCUT2D eigenvalue weighted by Gasteiger charge is -2.26. The minimum atomic E-state index is -0.492. The molecule has 0 spiro atoms. The molecule has 0 heterocycles. The second-order valence-electron chi connectivity index (χ2n) is 7.48. The van der Waals surface area contributed by atoms with Gasteiger partial charge >= 0.3 is 5.97 Å². The Morgan fingerprint density at radius 3 is 1.76 bits per heavy atom. The van der Waals surface area contributed by atoms with E-state index in [1.54, 1.807) is 0 Å². The van der Waals surface area contributed by atoms with Crippen molar-refractivity contribution >= 4 is 18.6 Å². The van der Waals surface area contributed by atoms with Gasteiger partial charge in [0, 0.05) is 12.2 Å². The fourth-order valence-corrected chi connectivity index (χ4v) is 3.58. The summed E-state index contributed by atoms with van der Waals surface area (Å²) in [5, 5.41) is 9.25. The molecule has 0 aliphatic rings. The summed E-state index contributed by atoms with van der Waals surface area (Å²) < 4.78 is 5.13. The van der Waals surface area contributed by atoms with Gasteiger partial charge in [-0.2, -0.15) is 12.6 Å². The predicted molar refractivity (Wildman–Crippen MR) is 110 cm³/mol. The van der Waals surface area contributed by atoms with Crippen LogP contribution in [0.2, 0.25) is 0 Å². The van der Waals surface area contributed by atoms with Crippen LogP contribution in [-0.4, -0.2) is 29.0 Å². The Morgan fingerprint density at radius 1 is 0.920 bits per heavy atom. The van der Waals surface area contributed by atoms with Crippen LogP contribution in [0.5, 0.6) is 0 Å². The maximum Gasteiger partial charge on any atom is 0.303 e. The Labute approximate surface area is 161 Å². The van der Waals surface area contributed by atoms with Crippen molar-refractivity contribution in [3.63, 3.8) is 0 Å². The molecule has 3 nitrogen and oxygen atoms in total. The fourth-order valence-electron chi connectivity index (χ4n) is 3.27. The van der Waals surface area contributed by atoms with Crippen molar-refractivity contribution in [2.45, 2.75) is 116 Å². The molecule has 25 heavy (non-hydrogen) atoms. The third kappa shape index (κ3) is 14.6. The Kier molecular flexibility index (Phi) is 17.1. The number of ether oxygens (including phenoxy) is 1. The van der Waals surface area contributed by atoms with Crippen LogP contribution in [-0.2, 0) is 9.53 Å². The lowest BCUT2D eigenvalue weighted by atomic mass is 9.95. The summed E-state index contributed by atoms with van der Waals surface area (Å²) in [6, 6.07) is 0. The van der Waals surface area contributed by atoms with Gasteiger partial charge in [-0.25, -0.2) is 0 Å². The lowest BCUT2D eigenvalue weighted by Crippen LogP contribution is -2.34. The largest absolute Gasteiger partial charge is 0.459 e. The molecule has 0 aliphatic heterocycles. The first-order valence-electron chi connectivity index (χ1n) is 10.5. The number of thiol groups is 1. The first-order valence-corrected chi connectivity index (χ1v) is 11.0. The summed E-state index contributed by atoms with van der Waals surface area (Å²) >= 11 is 4.55. The summed E-state index contributed by atoms with van der Waals surface area (Å²) in [4.78, 5) is 11.0. The molecule has 0 aromatic rings. The Morgan fingerprint density at radius 2 is 1.36 bits per heavy atom. The van der Waals surface area contributed by atoms with E-state index in [9.17, 15) is 9.90 Å². The first-order chi connectivity index (χ1) is 12.0. The number of aliphatic hydroxyl groups is 1. The van der Waals surface area contributed by atoms with E-state index in [1.807, 2.05) is 0 Å². The van der Waals surface area contributed by atoms with Crippen molar-refractivity contribution in [1.29, 1.82) is 0 Å². The van der Waals surface area contributed by atoms with Crippen molar-refractivity contribution in [3.05, 3.63) is 0 Å². The average Bonchev–Trinajstić information content (AvgIpc) is 2.59. The molecule has 0 saturated heterocycles. The van der Waals surface area contributed by atoms with Crippen molar-refractivity contribution < 1.29 is 14.6 Å². The van der Waals surface area contributed by atoms with Crippen LogP contribution >= 0.6 is 12.6 Å². The zero-order valence-electron chi connectivity index (χ0n) is 16.8. The molecule has 0 fully saturated rings. The van der Waals surface area contributed by atoms with Crippen molar-refractivity contribution in [2.75, 3.05) is 6.61 Å². The summed E-state index contributed by atoms with van der Waals surface area (Å²) in [5.74, 6) is -0.0152. The molecule has 0 amide bonds. The lowest BCUT2D eigenvalue weighted by molar-refractivity contribution is -0.148. The summed E-state index contributed by atoms with van der Waals surface area (Å²) in [6.45, 7) is 5.61. The van der Waals surface area contributed by atoms with Gasteiger partial charge in [-0.3, -0.25) is 4.79 Å². The minimum Gasteiger partial charge on any atom is -0.459 e. The standard InChI is InChI=1S/C21H42O3S/c1-4-5-6-7-8-9-10-11-12-13-14-15-16-18(2)21(25)20(17-22)24-19(3)23/h18,20-22,25H,4-17H2,1-3H3. The molecule has 4 heteroatoms. The second-order valence-corrected chi connectivity index (χ2v) is 8.07. The molecule has 3 atom stereocenters. The zero-order valence-corrected chi connectivity index (χ0v) is 17.7. The van der Waals surface area contributed by atoms with Crippen molar-refractivity contribution in [2.24, 2.45) is 5.92 Å². The zero-order chi connectivity index (χ0) is 18.9. The highest BCUT2D eigenvalue weighted by Gasteiger charge is 2.25. The normalized spacial score (nSPS) is 14.9. The van der Waals surface area contributed by atoms with E-state index in [0.29, 0.717) is 5.92 Å². The van der Waals surface area contributed by atoms with Gasteiger partial charge in [0.15, 0.2) is 0 Å². The number of esters is 1. The Bertz CT molecular complexity index is 310. The number of unbranched alkanes of at least 4 members (excludes halogenated alkanes) is 11. The highest BCUT2D eigenvalue weighted by molar-refractivity contribution is 7.81. The maximum atomic E-state index is 11.0. The molecule has 0 aromatic heterocycles. The van der Waals surface area contributed by atoms with Crippen LogP contribution in [0.3, 0.4) is 0 Å². The van der Waals surface area contributed by atoms with Crippen LogP contribution in [0.4, 0.5) is 0 Å².